The Kier molecular flexibility index (Phi) is 9.63. The SMILES string of the molecule is CC(OC(=O)CCCC[C@@H]1CCSS1)OC(=O)N[C@@H](C(=O)O)C(C)(C)C. The van der Waals surface area contributed by atoms with E-state index in [4.69, 9.17) is 9.47 Å². The van der Waals surface area contributed by atoms with Gasteiger partial charge in [0.25, 0.3) is 0 Å². The van der Waals surface area contributed by atoms with Gasteiger partial charge in [0.2, 0.25) is 6.29 Å². The van der Waals surface area contributed by atoms with Crippen molar-refractivity contribution in [3.8, 4) is 0 Å². The van der Waals surface area contributed by atoms with Crippen molar-refractivity contribution in [2.24, 2.45) is 5.41 Å². The molecule has 9 heteroatoms. The number of nitrogens with one attached hydrogen (secondary N) is 1. The summed E-state index contributed by atoms with van der Waals surface area (Å²) in [6.45, 7) is 6.51. The van der Waals surface area contributed by atoms with Crippen molar-refractivity contribution < 1.29 is 29.0 Å². The fraction of sp³-hybridized carbons (Fsp3) is 0.824. The van der Waals surface area contributed by atoms with E-state index in [0.717, 1.165) is 19.3 Å². The molecule has 26 heavy (non-hydrogen) atoms. The third kappa shape index (κ3) is 9.02. The summed E-state index contributed by atoms with van der Waals surface area (Å²) in [7, 11) is 3.82. The Morgan fingerprint density at radius 3 is 2.46 bits per heavy atom. The minimum atomic E-state index is -1.15. The molecule has 0 aromatic heterocycles. The molecule has 1 saturated heterocycles. The summed E-state index contributed by atoms with van der Waals surface area (Å²) in [6.07, 6.45) is 2.31. The lowest BCUT2D eigenvalue weighted by atomic mass is 9.87. The van der Waals surface area contributed by atoms with Gasteiger partial charge in [0.05, 0.1) is 0 Å². The minimum Gasteiger partial charge on any atom is -0.480 e. The fourth-order valence-electron chi connectivity index (χ4n) is 2.43. The standard InChI is InChI=1S/C17H29NO6S2/c1-11(24-16(22)18-14(15(20)21)17(2,3)4)23-13(19)8-6-5-7-12-9-10-25-26-12/h11-12,14H,5-10H2,1-4H3,(H,18,22)(H,20,21)/t11?,12-,14+/m1/s1. The second-order valence-electron chi connectivity index (χ2n) is 7.32. The zero-order chi connectivity index (χ0) is 19.7. The normalized spacial score (nSPS) is 19.5. The number of esters is 1. The van der Waals surface area contributed by atoms with Gasteiger partial charge in [-0.1, -0.05) is 48.8 Å². The number of hydrogen-bond acceptors (Lipinski definition) is 7. The van der Waals surface area contributed by atoms with Crippen LogP contribution in [0.1, 0.15) is 59.8 Å². The molecular formula is C17H29NO6S2. The van der Waals surface area contributed by atoms with Crippen LogP contribution in [0, 0.1) is 5.41 Å². The molecule has 1 rings (SSSR count). The third-order valence-electron chi connectivity index (χ3n) is 3.83. The number of carbonyl (C=O) groups is 3. The van der Waals surface area contributed by atoms with Crippen LogP contribution in [0.3, 0.4) is 0 Å². The molecule has 0 aromatic carbocycles. The highest BCUT2D eigenvalue weighted by molar-refractivity contribution is 8.77. The first-order valence-corrected chi connectivity index (χ1v) is 11.2. The van der Waals surface area contributed by atoms with Crippen LogP contribution >= 0.6 is 21.6 Å². The van der Waals surface area contributed by atoms with Gasteiger partial charge in [-0.15, -0.1) is 0 Å². The van der Waals surface area contributed by atoms with Crippen LogP contribution in [-0.4, -0.2) is 46.5 Å². The molecule has 0 radical (unpaired) electrons. The number of unbranched alkanes of at least 4 members (excludes halogenated alkanes) is 1. The molecule has 0 aromatic rings. The summed E-state index contributed by atoms with van der Waals surface area (Å²) in [5, 5.41) is 12.2. The maximum atomic E-state index is 11.8. The van der Waals surface area contributed by atoms with Crippen LogP contribution in [0.4, 0.5) is 4.79 Å². The highest BCUT2D eigenvalue weighted by Crippen LogP contribution is 2.39. The van der Waals surface area contributed by atoms with Crippen LogP contribution in [0.15, 0.2) is 0 Å². The first-order valence-electron chi connectivity index (χ1n) is 8.77. The summed E-state index contributed by atoms with van der Waals surface area (Å²) in [5.41, 5.74) is -0.680. The van der Waals surface area contributed by atoms with Crippen molar-refractivity contribution in [3.63, 3.8) is 0 Å². The topological polar surface area (TPSA) is 102 Å². The molecule has 2 N–H and O–H groups in total. The van der Waals surface area contributed by atoms with Gasteiger partial charge in [0.15, 0.2) is 0 Å². The lowest BCUT2D eigenvalue weighted by molar-refractivity contribution is -0.165. The number of alkyl carbamates (subject to hydrolysis) is 1. The number of rotatable bonds is 9. The Bertz CT molecular complexity index is 488. The van der Waals surface area contributed by atoms with E-state index < -0.39 is 35.8 Å². The number of carbonyl (C=O) groups excluding carboxylic acids is 2. The van der Waals surface area contributed by atoms with E-state index in [0.29, 0.717) is 5.25 Å². The van der Waals surface area contributed by atoms with E-state index in [1.54, 1.807) is 20.8 Å². The Morgan fingerprint density at radius 1 is 1.23 bits per heavy atom. The molecule has 1 aliphatic rings. The summed E-state index contributed by atoms with van der Waals surface area (Å²) < 4.78 is 9.96. The highest BCUT2D eigenvalue weighted by atomic mass is 33.1. The van der Waals surface area contributed by atoms with E-state index >= 15 is 0 Å². The molecule has 0 bridgehead atoms. The van der Waals surface area contributed by atoms with Crippen LogP contribution < -0.4 is 5.32 Å². The van der Waals surface area contributed by atoms with E-state index in [2.05, 4.69) is 5.32 Å². The van der Waals surface area contributed by atoms with Crippen molar-refractivity contribution in [2.45, 2.75) is 77.4 Å². The Balaban J connectivity index is 2.24. The predicted octanol–water partition coefficient (Wildman–Crippen LogP) is 3.82. The van der Waals surface area contributed by atoms with Crippen LogP contribution in [0.25, 0.3) is 0 Å². The fourth-order valence-corrected chi connectivity index (χ4v) is 5.45. The summed E-state index contributed by atoms with van der Waals surface area (Å²) in [4.78, 5) is 34.8. The Hall–Kier alpha value is -1.09. The number of amides is 1. The van der Waals surface area contributed by atoms with Crippen molar-refractivity contribution in [1.29, 1.82) is 0 Å². The number of carboxylic acid groups (broad SMARTS) is 1. The lowest BCUT2D eigenvalue weighted by Gasteiger charge is -2.27. The van der Waals surface area contributed by atoms with Crippen LogP contribution in [0.2, 0.25) is 0 Å². The first-order chi connectivity index (χ1) is 12.1. The highest BCUT2D eigenvalue weighted by Gasteiger charge is 2.33. The van der Waals surface area contributed by atoms with Gasteiger partial charge in [-0.25, -0.2) is 9.59 Å². The number of carboxylic acids is 1. The second kappa shape index (κ2) is 10.9. The van der Waals surface area contributed by atoms with E-state index in [1.165, 1.54) is 19.1 Å². The zero-order valence-electron chi connectivity index (χ0n) is 15.8. The Morgan fingerprint density at radius 2 is 1.92 bits per heavy atom. The maximum absolute atomic E-state index is 11.8. The van der Waals surface area contributed by atoms with E-state index in [1.807, 2.05) is 21.6 Å². The molecule has 1 unspecified atom stereocenters. The van der Waals surface area contributed by atoms with Gasteiger partial charge in [-0.05, 0) is 24.7 Å². The van der Waals surface area contributed by atoms with Gasteiger partial charge in [-0.3, -0.25) is 4.79 Å². The van der Waals surface area contributed by atoms with Crippen molar-refractivity contribution in [2.75, 3.05) is 5.75 Å². The molecule has 0 saturated carbocycles. The molecule has 150 valence electrons. The predicted molar refractivity (Wildman–Crippen MR) is 103 cm³/mol. The average Bonchev–Trinajstić information content (AvgIpc) is 3.01. The summed E-state index contributed by atoms with van der Waals surface area (Å²) in [6, 6.07) is -1.11. The van der Waals surface area contributed by atoms with Crippen molar-refractivity contribution >= 4 is 39.6 Å². The third-order valence-corrected chi connectivity index (χ3v) is 6.84. The van der Waals surface area contributed by atoms with Gasteiger partial charge in [0.1, 0.15) is 6.04 Å². The smallest absolute Gasteiger partial charge is 0.410 e. The molecule has 1 aliphatic heterocycles. The molecule has 0 aliphatic carbocycles. The molecule has 1 fully saturated rings. The lowest BCUT2D eigenvalue weighted by Crippen LogP contribution is -2.49. The van der Waals surface area contributed by atoms with Gasteiger partial charge in [0, 0.05) is 24.3 Å². The number of ether oxygens (including phenoxy) is 2. The Labute approximate surface area is 162 Å². The molecule has 1 heterocycles. The quantitative estimate of drug-likeness (QED) is 0.257. The second-order valence-corrected chi connectivity index (χ2v) is 10.1. The monoisotopic (exact) mass is 407 g/mol. The van der Waals surface area contributed by atoms with Gasteiger partial charge in [-0.2, -0.15) is 0 Å². The summed E-state index contributed by atoms with van der Waals surface area (Å²) >= 11 is 0. The van der Waals surface area contributed by atoms with Crippen LogP contribution in [-0.2, 0) is 19.1 Å². The number of aliphatic carboxylic acids is 1. The molecule has 1 amide bonds. The maximum Gasteiger partial charge on any atom is 0.410 e. The number of hydrogen-bond donors (Lipinski definition) is 2. The molecule has 0 spiro atoms. The average molecular weight is 408 g/mol. The van der Waals surface area contributed by atoms with Gasteiger partial charge < -0.3 is 19.9 Å². The largest absolute Gasteiger partial charge is 0.480 e. The first kappa shape index (κ1) is 23.0. The van der Waals surface area contributed by atoms with Crippen molar-refractivity contribution in [1.82, 2.24) is 5.32 Å². The van der Waals surface area contributed by atoms with Crippen LogP contribution in [0.5, 0.6) is 0 Å². The molecular weight excluding hydrogens is 378 g/mol. The molecule has 7 nitrogen and oxygen atoms in total. The summed E-state index contributed by atoms with van der Waals surface area (Å²) in [5.74, 6) is -0.381. The van der Waals surface area contributed by atoms with E-state index in [-0.39, 0.29) is 6.42 Å². The molecule has 3 atom stereocenters. The van der Waals surface area contributed by atoms with E-state index in [9.17, 15) is 19.5 Å². The minimum absolute atomic E-state index is 0.277. The zero-order valence-corrected chi connectivity index (χ0v) is 17.4. The van der Waals surface area contributed by atoms with Crippen molar-refractivity contribution in [3.05, 3.63) is 0 Å². The van der Waals surface area contributed by atoms with Gasteiger partial charge >= 0.3 is 18.0 Å².